The Morgan fingerprint density at radius 2 is 1.79 bits per heavy atom. The molecule has 0 radical (unpaired) electrons. The molecule has 1 aliphatic rings. The number of hydrogen-bond acceptors (Lipinski definition) is 4. The van der Waals surface area contributed by atoms with Gasteiger partial charge in [0, 0.05) is 0 Å². The minimum atomic E-state index is -0.375. The van der Waals surface area contributed by atoms with Crippen molar-refractivity contribution in [2.45, 2.75) is 45.8 Å². The van der Waals surface area contributed by atoms with Crippen molar-refractivity contribution in [3.05, 3.63) is 29.5 Å². The Kier molecular flexibility index (Phi) is 3.45. The second kappa shape index (κ2) is 4.65. The van der Waals surface area contributed by atoms with Crippen LogP contribution in [0.3, 0.4) is 0 Å². The van der Waals surface area contributed by atoms with Gasteiger partial charge in [-0.1, -0.05) is 5.98 Å². The molecular weight excluding hydrogens is 241 g/mol. The summed E-state index contributed by atoms with van der Waals surface area (Å²) in [4.78, 5) is 4.16. The van der Waals surface area contributed by atoms with Crippen molar-refractivity contribution >= 4 is 13.2 Å². The minimum Gasteiger partial charge on any atom is -0.506 e. The summed E-state index contributed by atoms with van der Waals surface area (Å²) in [6.07, 6.45) is 3.29. The van der Waals surface area contributed by atoms with Crippen LogP contribution in [0.15, 0.2) is 18.2 Å². The lowest BCUT2D eigenvalue weighted by Gasteiger charge is -2.32. The van der Waals surface area contributed by atoms with Crippen LogP contribution < -0.4 is 0 Å². The van der Waals surface area contributed by atoms with E-state index in [1.165, 1.54) is 6.20 Å². The fourth-order valence-corrected chi connectivity index (χ4v) is 1.88. The van der Waals surface area contributed by atoms with E-state index in [1.54, 1.807) is 6.07 Å². The van der Waals surface area contributed by atoms with Crippen LogP contribution in [0.1, 0.15) is 39.0 Å². The van der Waals surface area contributed by atoms with Crippen molar-refractivity contribution in [3.63, 3.8) is 0 Å². The van der Waals surface area contributed by atoms with Gasteiger partial charge in [-0.25, -0.2) is 0 Å². The average Bonchev–Trinajstić information content (AvgIpc) is 2.46. The predicted molar refractivity (Wildman–Crippen MR) is 75.8 cm³/mol. The van der Waals surface area contributed by atoms with Gasteiger partial charge in [0.1, 0.15) is 5.75 Å². The van der Waals surface area contributed by atoms with Crippen molar-refractivity contribution < 1.29 is 14.4 Å². The maximum absolute atomic E-state index is 9.32. The molecule has 1 aromatic heterocycles. The molecule has 1 fully saturated rings. The Balaban J connectivity index is 2.13. The van der Waals surface area contributed by atoms with Gasteiger partial charge in [0.15, 0.2) is 0 Å². The Labute approximate surface area is 114 Å². The maximum atomic E-state index is 9.32. The van der Waals surface area contributed by atoms with Crippen LogP contribution in [0.2, 0.25) is 0 Å². The summed E-state index contributed by atoms with van der Waals surface area (Å²) in [7, 11) is -0.375. The Morgan fingerprint density at radius 3 is 2.32 bits per heavy atom. The van der Waals surface area contributed by atoms with Gasteiger partial charge in [-0.05, 0) is 52.3 Å². The smallest absolute Gasteiger partial charge is 0.487 e. The molecule has 4 nitrogen and oxygen atoms in total. The fraction of sp³-hybridized carbons (Fsp3) is 0.500. The van der Waals surface area contributed by atoms with Crippen molar-refractivity contribution in [2.75, 3.05) is 0 Å². The molecule has 5 heteroatoms. The van der Waals surface area contributed by atoms with Gasteiger partial charge in [0.05, 0.1) is 23.1 Å². The van der Waals surface area contributed by atoms with E-state index >= 15 is 0 Å². The van der Waals surface area contributed by atoms with Crippen molar-refractivity contribution in [3.8, 4) is 5.75 Å². The van der Waals surface area contributed by atoms with E-state index in [4.69, 9.17) is 9.31 Å². The molecule has 0 unspecified atom stereocenters. The summed E-state index contributed by atoms with van der Waals surface area (Å²) < 4.78 is 11.7. The third-order valence-electron chi connectivity index (χ3n) is 3.79. The van der Waals surface area contributed by atoms with Gasteiger partial charge < -0.3 is 14.4 Å². The molecule has 0 atom stereocenters. The van der Waals surface area contributed by atoms with Gasteiger partial charge >= 0.3 is 7.12 Å². The normalized spacial score (nSPS) is 21.2. The Bertz CT molecular complexity index is 495. The van der Waals surface area contributed by atoms with Crippen LogP contribution in [0, 0.1) is 6.92 Å². The molecular formula is C14H20BNO3. The summed E-state index contributed by atoms with van der Waals surface area (Å²) in [5.41, 5.74) is 1.04. The van der Waals surface area contributed by atoms with Crippen LogP contribution in [0.25, 0.3) is 6.08 Å². The molecule has 1 N–H and O–H groups in total. The number of aromatic nitrogens is 1. The van der Waals surface area contributed by atoms with E-state index in [-0.39, 0.29) is 24.1 Å². The molecule has 1 saturated heterocycles. The van der Waals surface area contributed by atoms with Crippen LogP contribution in [0.4, 0.5) is 0 Å². The van der Waals surface area contributed by atoms with Crippen molar-refractivity contribution in [1.82, 2.24) is 4.98 Å². The first kappa shape index (κ1) is 14.1. The molecule has 0 aromatic carbocycles. The van der Waals surface area contributed by atoms with E-state index in [2.05, 4.69) is 4.98 Å². The zero-order valence-electron chi connectivity index (χ0n) is 12.1. The molecule has 19 heavy (non-hydrogen) atoms. The van der Waals surface area contributed by atoms with Crippen LogP contribution in [0.5, 0.6) is 5.75 Å². The Morgan fingerprint density at radius 1 is 1.21 bits per heavy atom. The maximum Gasteiger partial charge on any atom is 0.487 e. The first-order chi connectivity index (χ1) is 8.71. The van der Waals surface area contributed by atoms with Gasteiger partial charge in [-0.2, -0.15) is 0 Å². The van der Waals surface area contributed by atoms with E-state index in [0.717, 1.165) is 11.3 Å². The number of nitrogens with zero attached hydrogens (tertiary/aromatic N) is 1. The predicted octanol–water partition coefficient (Wildman–Crippen LogP) is 2.74. The first-order valence-electron chi connectivity index (χ1n) is 6.41. The second-order valence-corrected chi connectivity index (χ2v) is 5.88. The highest BCUT2D eigenvalue weighted by atomic mass is 16.7. The summed E-state index contributed by atoms with van der Waals surface area (Å²) in [5, 5.41) is 9.32. The number of aryl methyl sites for hydroxylation is 1. The van der Waals surface area contributed by atoms with E-state index in [1.807, 2.05) is 46.7 Å². The number of hydrogen-bond donors (Lipinski definition) is 1. The highest BCUT2D eigenvalue weighted by Gasteiger charge is 2.49. The first-order valence-corrected chi connectivity index (χ1v) is 6.41. The van der Waals surface area contributed by atoms with Gasteiger partial charge in [-0.15, -0.1) is 0 Å². The number of rotatable bonds is 2. The minimum absolute atomic E-state index is 0.172. The Hall–Kier alpha value is -1.33. The van der Waals surface area contributed by atoms with Crippen molar-refractivity contribution in [1.29, 1.82) is 0 Å². The molecule has 2 rings (SSSR count). The topological polar surface area (TPSA) is 51.6 Å². The largest absolute Gasteiger partial charge is 0.506 e. The summed E-state index contributed by atoms with van der Waals surface area (Å²) in [6.45, 7) is 9.97. The van der Waals surface area contributed by atoms with Gasteiger partial charge in [0.25, 0.3) is 0 Å². The molecule has 102 valence electrons. The SMILES string of the molecule is Cc1cc(O)cnc1/C=C/B1OC(C)(C)C(C)(C)O1. The molecule has 0 aliphatic carbocycles. The molecule has 1 aromatic rings. The van der Waals surface area contributed by atoms with Crippen LogP contribution in [-0.4, -0.2) is 28.4 Å². The second-order valence-electron chi connectivity index (χ2n) is 5.88. The zero-order chi connectivity index (χ0) is 14.3. The zero-order valence-corrected chi connectivity index (χ0v) is 12.1. The van der Waals surface area contributed by atoms with E-state index in [9.17, 15) is 5.11 Å². The lowest BCUT2D eigenvalue weighted by molar-refractivity contribution is 0.00578. The number of aromatic hydroxyl groups is 1. The van der Waals surface area contributed by atoms with E-state index < -0.39 is 0 Å². The van der Waals surface area contributed by atoms with Gasteiger partial charge in [0.2, 0.25) is 0 Å². The van der Waals surface area contributed by atoms with Gasteiger partial charge in [-0.3, -0.25) is 4.98 Å². The van der Waals surface area contributed by atoms with Crippen LogP contribution >= 0.6 is 0 Å². The summed E-state index contributed by atoms with van der Waals surface area (Å²) in [5.74, 6) is 2.02. The highest BCUT2D eigenvalue weighted by molar-refractivity contribution is 6.52. The van der Waals surface area contributed by atoms with Crippen LogP contribution in [-0.2, 0) is 9.31 Å². The number of pyridine rings is 1. The summed E-state index contributed by atoms with van der Waals surface area (Å²) >= 11 is 0. The fourth-order valence-electron chi connectivity index (χ4n) is 1.88. The molecule has 2 heterocycles. The summed E-state index contributed by atoms with van der Waals surface area (Å²) in [6, 6.07) is 1.68. The van der Waals surface area contributed by atoms with Crippen molar-refractivity contribution in [2.24, 2.45) is 0 Å². The molecule has 0 saturated carbocycles. The third kappa shape index (κ3) is 2.82. The third-order valence-corrected chi connectivity index (χ3v) is 3.79. The average molecular weight is 261 g/mol. The van der Waals surface area contributed by atoms with E-state index in [0.29, 0.717) is 0 Å². The molecule has 0 amide bonds. The lowest BCUT2D eigenvalue weighted by atomic mass is 9.89. The highest BCUT2D eigenvalue weighted by Crippen LogP contribution is 2.37. The molecule has 0 spiro atoms. The molecule has 1 aliphatic heterocycles. The quantitative estimate of drug-likeness (QED) is 0.831. The molecule has 0 bridgehead atoms. The standard InChI is InChI=1S/C14H20BNO3/c1-10-8-11(17)9-16-12(10)6-7-15-18-13(2,3)14(4,5)19-15/h6-9,17H,1-5H3/b7-6+. The lowest BCUT2D eigenvalue weighted by Crippen LogP contribution is -2.41. The monoisotopic (exact) mass is 261 g/mol.